The van der Waals surface area contributed by atoms with Gasteiger partial charge in [0.2, 0.25) is 0 Å². The first-order valence-corrected chi connectivity index (χ1v) is 5.43. The predicted molar refractivity (Wildman–Crippen MR) is 61.8 cm³/mol. The Labute approximate surface area is 92.2 Å². The summed E-state index contributed by atoms with van der Waals surface area (Å²) in [6.07, 6.45) is 1.17. The smallest absolute Gasteiger partial charge is 0.146 e. The number of hydrogen-bond donors (Lipinski definition) is 0. The molecule has 1 aromatic rings. The van der Waals surface area contributed by atoms with Crippen molar-refractivity contribution in [3.05, 3.63) is 35.4 Å². The van der Waals surface area contributed by atoms with E-state index in [9.17, 15) is 0 Å². The molecule has 0 aliphatic rings. The maximum Gasteiger partial charge on any atom is 0.146 e. The Morgan fingerprint density at radius 2 is 2.13 bits per heavy atom. The van der Waals surface area contributed by atoms with Gasteiger partial charge < -0.3 is 9.47 Å². The maximum atomic E-state index is 5.32. The standard InChI is InChI=1S/C13H20O2/c1-4-11(2)13-7-5-6-12(8-13)9-15-10-14-3/h5-8,11H,4,9-10H2,1-3H3. The average molecular weight is 208 g/mol. The highest BCUT2D eigenvalue weighted by Gasteiger charge is 2.03. The molecule has 0 aliphatic heterocycles. The topological polar surface area (TPSA) is 18.5 Å². The van der Waals surface area contributed by atoms with Crippen molar-refractivity contribution in [2.75, 3.05) is 13.9 Å². The van der Waals surface area contributed by atoms with Gasteiger partial charge in [-0.25, -0.2) is 0 Å². The molecule has 84 valence electrons. The second kappa shape index (κ2) is 6.59. The lowest BCUT2D eigenvalue weighted by molar-refractivity contribution is -0.0390. The van der Waals surface area contributed by atoms with Gasteiger partial charge in [-0.3, -0.25) is 0 Å². The summed E-state index contributed by atoms with van der Waals surface area (Å²) in [5.74, 6) is 0.618. The summed E-state index contributed by atoms with van der Waals surface area (Å²) in [5, 5.41) is 0. The summed E-state index contributed by atoms with van der Waals surface area (Å²) in [4.78, 5) is 0. The van der Waals surface area contributed by atoms with Crippen LogP contribution in [0.4, 0.5) is 0 Å². The molecule has 2 heteroatoms. The molecule has 2 nitrogen and oxygen atoms in total. The number of benzene rings is 1. The minimum atomic E-state index is 0.355. The van der Waals surface area contributed by atoms with Crippen LogP contribution in [-0.2, 0) is 16.1 Å². The molecule has 1 rings (SSSR count). The molecule has 0 N–H and O–H groups in total. The fourth-order valence-corrected chi connectivity index (χ4v) is 1.47. The molecule has 0 spiro atoms. The van der Waals surface area contributed by atoms with E-state index in [1.54, 1.807) is 7.11 Å². The highest BCUT2D eigenvalue weighted by atomic mass is 16.7. The largest absolute Gasteiger partial charge is 0.359 e. The van der Waals surface area contributed by atoms with Crippen LogP contribution in [0.1, 0.15) is 37.3 Å². The average Bonchev–Trinajstić information content (AvgIpc) is 2.29. The normalized spacial score (nSPS) is 12.7. The highest BCUT2D eigenvalue weighted by Crippen LogP contribution is 2.19. The number of methoxy groups -OCH3 is 1. The van der Waals surface area contributed by atoms with Gasteiger partial charge in [-0.1, -0.05) is 38.1 Å². The van der Waals surface area contributed by atoms with Gasteiger partial charge in [-0.2, -0.15) is 0 Å². The quantitative estimate of drug-likeness (QED) is 0.527. The third-order valence-electron chi connectivity index (χ3n) is 2.60. The van der Waals surface area contributed by atoms with E-state index in [0.717, 1.165) is 0 Å². The molecule has 0 saturated heterocycles. The van der Waals surface area contributed by atoms with Gasteiger partial charge in [0.1, 0.15) is 6.79 Å². The Morgan fingerprint density at radius 3 is 2.80 bits per heavy atom. The van der Waals surface area contributed by atoms with Crippen LogP contribution in [0.5, 0.6) is 0 Å². The van der Waals surface area contributed by atoms with E-state index in [1.165, 1.54) is 17.5 Å². The van der Waals surface area contributed by atoms with Gasteiger partial charge in [0.25, 0.3) is 0 Å². The molecule has 1 unspecified atom stereocenters. The van der Waals surface area contributed by atoms with Crippen molar-refractivity contribution in [2.45, 2.75) is 32.8 Å². The summed E-state index contributed by atoms with van der Waals surface area (Å²) in [7, 11) is 1.63. The Kier molecular flexibility index (Phi) is 5.37. The van der Waals surface area contributed by atoms with Crippen LogP contribution in [0, 0.1) is 0 Å². The van der Waals surface area contributed by atoms with Crippen molar-refractivity contribution in [1.29, 1.82) is 0 Å². The molecule has 0 heterocycles. The summed E-state index contributed by atoms with van der Waals surface area (Å²) in [6, 6.07) is 8.56. The first kappa shape index (κ1) is 12.2. The molecule has 1 atom stereocenters. The van der Waals surface area contributed by atoms with Gasteiger partial charge in [-0.05, 0) is 23.5 Å². The zero-order chi connectivity index (χ0) is 11.1. The van der Waals surface area contributed by atoms with E-state index in [-0.39, 0.29) is 0 Å². The summed E-state index contributed by atoms with van der Waals surface area (Å²) >= 11 is 0. The Hall–Kier alpha value is -0.860. The van der Waals surface area contributed by atoms with Crippen LogP contribution in [0.25, 0.3) is 0 Å². The first-order chi connectivity index (χ1) is 7.27. The third-order valence-corrected chi connectivity index (χ3v) is 2.60. The second-order valence-corrected chi connectivity index (χ2v) is 3.81. The first-order valence-electron chi connectivity index (χ1n) is 5.43. The van der Waals surface area contributed by atoms with Crippen molar-refractivity contribution < 1.29 is 9.47 Å². The molecule has 0 radical (unpaired) electrons. The molecule has 0 fully saturated rings. The summed E-state index contributed by atoms with van der Waals surface area (Å²) in [5.41, 5.74) is 2.60. The monoisotopic (exact) mass is 208 g/mol. The van der Waals surface area contributed by atoms with Crippen molar-refractivity contribution in [3.8, 4) is 0 Å². The van der Waals surface area contributed by atoms with Crippen LogP contribution in [-0.4, -0.2) is 13.9 Å². The highest BCUT2D eigenvalue weighted by molar-refractivity contribution is 5.25. The Bertz CT molecular complexity index is 284. The number of hydrogen-bond acceptors (Lipinski definition) is 2. The minimum Gasteiger partial charge on any atom is -0.359 e. The van der Waals surface area contributed by atoms with Gasteiger partial charge in [0.15, 0.2) is 0 Å². The number of rotatable bonds is 6. The van der Waals surface area contributed by atoms with Gasteiger partial charge in [0.05, 0.1) is 6.61 Å². The molecule has 0 bridgehead atoms. The molecule has 0 saturated carbocycles. The van der Waals surface area contributed by atoms with Crippen LogP contribution in [0.15, 0.2) is 24.3 Å². The van der Waals surface area contributed by atoms with E-state index < -0.39 is 0 Å². The van der Waals surface area contributed by atoms with E-state index in [1.807, 2.05) is 0 Å². The van der Waals surface area contributed by atoms with Gasteiger partial charge >= 0.3 is 0 Å². The molecule has 0 aliphatic carbocycles. The fourth-order valence-electron chi connectivity index (χ4n) is 1.47. The molecular formula is C13H20O2. The minimum absolute atomic E-state index is 0.355. The van der Waals surface area contributed by atoms with Crippen molar-refractivity contribution in [2.24, 2.45) is 0 Å². The predicted octanol–water partition coefficient (Wildman–Crippen LogP) is 3.32. The Morgan fingerprint density at radius 1 is 1.33 bits per heavy atom. The van der Waals surface area contributed by atoms with Crippen molar-refractivity contribution in [1.82, 2.24) is 0 Å². The maximum absolute atomic E-state index is 5.32. The lowest BCUT2D eigenvalue weighted by atomic mass is 9.97. The van der Waals surface area contributed by atoms with E-state index in [0.29, 0.717) is 19.3 Å². The van der Waals surface area contributed by atoms with Crippen molar-refractivity contribution in [3.63, 3.8) is 0 Å². The van der Waals surface area contributed by atoms with Crippen molar-refractivity contribution >= 4 is 0 Å². The zero-order valence-electron chi connectivity index (χ0n) is 9.82. The zero-order valence-corrected chi connectivity index (χ0v) is 9.82. The van der Waals surface area contributed by atoms with Crippen LogP contribution < -0.4 is 0 Å². The van der Waals surface area contributed by atoms with Gasteiger partial charge in [-0.15, -0.1) is 0 Å². The van der Waals surface area contributed by atoms with E-state index in [2.05, 4.69) is 38.1 Å². The van der Waals surface area contributed by atoms with Crippen LogP contribution >= 0.6 is 0 Å². The molecule has 0 aromatic heterocycles. The van der Waals surface area contributed by atoms with E-state index >= 15 is 0 Å². The summed E-state index contributed by atoms with van der Waals surface area (Å²) < 4.78 is 10.2. The molecule has 1 aromatic carbocycles. The fraction of sp³-hybridized carbons (Fsp3) is 0.538. The number of ether oxygens (including phenoxy) is 2. The van der Waals surface area contributed by atoms with Gasteiger partial charge in [0, 0.05) is 7.11 Å². The molecule has 0 amide bonds. The molecular weight excluding hydrogens is 188 g/mol. The SMILES string of the molecule is CCC(C)c1cccc(COCOC)c1. The van der Waals surface area contributed by atoms with Crippen LogP contribution in [0.3, 0.4) is 0 Å². The molecule has 15 heavy (non-hydrogen) atoms. The lowest BCUT2D eigenvalue weighted by Gasteiger charge is -2.10. The van der Waals surface area contributed by atoms with E-state index in [4.69, 9.17) is 9.47 Å². The summed E-state index contributed by atoms with van der Waals surface area (Å²) in [6.45, 7) is 5.43. The second-order valence-electron chi connectivity index (χ2n) is 3.81. The third kappa shape index (κ3) is 4.02. The lowest BCUT2D eigenvalue weighted by Crippen LogP contribution is -1.98. The van der Waals surface area contributed by atoms with Crippen LogP contribution in [0.2, 0.25) is 0 Å². The Balaban J connectivity index is 2.57.